The highest BCUT2D eigenvalue weighted by Gasteiger charge is 2.16. The molecule has 1 aliphatic rings. The second-order valence-electron chi connectivity index (χ2n) is 3.73. The Morgan fingerprint density at radius 3 is 2.64 bits per heavy atom. The molecule has 0 spiro atoms. The monoisotopic (exact) mass is 153 g/mol. The van der Waals surface area contributed by atoms with Crippen molar-refractivity contribution in [2.24, 2.45) is 5.92 Å². The van der Waals surface area contributed by atoms with Gasteiger partial charge in [-0.1, -0.05) is 32.4 Å². The summed E-state index contributed by atoms with van der Waals surface area (Å²) in [6.07, 6.45) is 3.99. The van der Waals surface area contributed by atoms with Crippen molar-refractivity contribution in [1.82, 2.24) is 5.32 Å². The van der Waals surface area contributed by atoms with Crippen molar-refractivity contribution >= 4 is 0 Å². The number of piperidine rings is 1. The molecule has 1 atom stereocenters. The third kappa shape index (κ3) is 2.33. The van der Waals surface area contributed by atoms with E-state index in [2.05, 4.69) is 25.7 Å². The van der Waals surface area contributed by atoms with Gasteiger partial charge in [0.25, 0.3) is 0 Å². The number of hydrogen-bond acceptors (Lipinski definition) is 1. The van der Waals surface area contributed by atoms with Crippen LogP contribution in [0.1, 0.15) is 33.1 Å². The Hall–Kier alpha value is -0.300. The molecule has 64 valence electrons. The molecule has 0 radical (unpaired) electrons. The molecule has 1 saturated heterocycles. The summed E-state index contributed by atoms with van der Waals surface area (Å²) < 4.78 is 0. The van der Waals surface area contributed by atoms with Gasteiger partial charge in [0.2, 0.25) is 0 Å². The topological polar surface area (TPSA) is 12.0 Å². The molecule has 1 heterocycles. The van der Waals surface area contributed by atoms with Crippen LogP contribution in [0.5, 0.6) is 0 Å². The maximum atomic E-state index is 4.12. The first-order chi connectivity index (χ1) is 5.22. The lowest BCUT2D eigenvalue weighted by Crippen LogP contribution is -2.36. The Morgan fingerprint density at radius 1 is 1.45 bits per heavy atom. The zero-order chi connectivity index (χ0) is 8.27. The summed E-state index contributed by atoms with van der Waals surface area (Å²) in [6, 6.07) is 0.601. The summed E-state index contributed by atoms with van der Waals surface area (Å²) in [5.74, 6) is 0.630. The van der Waals surface area contributed by atoms with Crippen molar-refractivity contribution in [3.05, 3.63) is 12.2 Å². The van der Waals surface area contributed by atoms with Crippen molar-refractivity contribution in [2.75, 3.05) is 6.54 Å². The van der Waals surface area contributed by atoms with Crippen LogP contribution in [0, 0.1) is 5.92 Å². The minimum Gasteiger partial charge on any atom is -0.310 e. The standard InChI is InChI=1S/C10H19N/c1-8(2)9(3)10-6-4-5-7-11-10/h8,10-11H,3-7H2,1-2H3. The van der Waals surface area contributed by atoms with Gasteiger partial charge in [-0.05, 0) is 25.3 Å². The van der Waals surface area contributed by atoms with E-state index in [1.165, 1.54) is 31.4 Å². The molecule has 0 aromatic heterocycles. The summed E-state index contributed by atoms with van der Waals surface area (Å²) >= 11 is 0. The predicted octanol–water partition coefficient (Wildman–Crippen LogP) is 2.34. The molecule has 0 aromatic carbocycles. The average Bonchev–Trinajstić information content (AvgIpc) is 2.05. The van der Waals surface area contributed by atoms with Crippen LogP contribution < -0.4 is 5.32 Å². The van der Waals surface area contributed by atoms with E-state index in [-0.39, 0.29) is 0 Å². The van der Waals surface area contributed by atoms with Gasteiger partial charge in [-0.3, -0.25) is 0 Å². The van der Waals surface area contributed by atoms with Crippen LogP contribution >= 0.6 is 0 Å². The van der Waals surface area contributed by atoms with E-state index >= 15 is 0 Å². The minimum atomic E-state index is 0.601. The van der Waals surface area contributed by atoms with Crippen LogP contribution in [-0.2, 0) is 0 Å². The Bertz CT molecular complexity index is 132. The molecule has 1 heteroatoms. The molecule has 0 aromatic rings. The van der Waals surface area contributed by atoms with Gasteiger partial charge in [0.15, 0.2) is 0 Å². The highest BCUT2D eigenvalue weighted by molar-refractivity contribution is 5.08. The van der Waals surface area contributed by atoms with E-state index in [1.54, 1.807) is 0 Å². The minimum absolute atomic E-state index is 0.601. The quantitative estimate of drug-likeness (QED) is 0.600. The first kappa shape index (κ1) is 8.79. The second-order valence-corrected chi connectivity index (χ2v) is 3.73. The zero-order valence-electron chi connectivity index (χ0n) is 7.69. The molecule has 0 aliphatic carbocycles. The molecule has 1 rings (SSSR count). The van der Waals surface area contributed by atoms with Crippen molar-refractivity contribution < 1.29 is 0 Å². The highest BCUT2D eigenvalue weighted by Crippen LogP contribution is 2.19. The maximum Gasteiger partial charge on any atom is 0.0279 e. The Kier molecular flexibility index (Phi) is 3.13. The lowest BCUT2D eigenvalue weighted by Gasteiger charge is -2.27. The smallest absolute Gasteiger partial charge is 0.0279 e. The Morgan fingerprint density at radius 2 is 2.18 bits per heavy atom. The second kappa shape index (κ2) is 3.91. The van der Waals surface area contributed by atoms with Gasteiger partial charge in [0.05, 0.1) is 0 Å². The van der Waals surface area contributed by atoms with Crippen molar-refractivity contribution in [3.63, 3.8) is 0 Å². The van der Waals surface area contributed by atoms with E-state index in [9.17, 15) is 0 Å². The van der Waals surface area contributed by atoms with E-state index in [0.29, 0.717) is 12.0 Å². The Labute approximate surface area is 69.9 Å². The molecule has 0 amide bonds. The van der Waals surface area contributed by atoms with Crippen LogP contribution in [-0.4, -0.2) is 12.6 Å². The molecular formula is C10H19N. The van der Waals surface area contributed by atoms with Gasteiger partial charge >= 0.3 is 0 Å². The van der Waals surface area contributed by atoms with Crippen LogP contribution in [0.2, 0.25) is 0 Å². The third-order valence-electron chi connectivity index (χ3n) is 2.50. The first-order valence-electron chi connectivity index (χ1n) is 4.64. The molecule has 11 heavy (non-hydrogen) atoms. The summed E-state index contributed by atoms with van der Waals surface area (Å²) in [6.45, 7) is 9.73. The molecule has 1 fully saturated rings. The van der Waals surface area contributed by atoms with Gasteiger partial charge in [-0.2, -0.15) is 0 Å². The fourth-order valence-corrected chi connectivity index (χ4v) is 1.57. The van der Waals surface area contributed by atoms with Gasteiger partial charge in [0.1, 0.15) is 0 Å². The number of nitrogens with one attached hydrogen (secondary N) is 1. The normalized spacial score (nSPS) is 25.5. The van der Waals surface area contributed by atoms with Gasteiger partial charge < -0.3 is 5.32 Å². The van der Waals surface area contributed by atoms with Crippen molar-refractivity contribution in [3.8, 4) is 0 Å². The SMILES string of the molecule is C=C(C(C)C)C1CCCCN1. The molecule has 0 bridgehead atoms. The van der Waals surface area contributed by atoms with Gasteiger partial charge in [0, 0.05) is 6.04 Å². The first-order valence-corrected chi connectivity index (χ1v) is 4.64. The number of rotatable bonds is 2. The lowest BCUT2D eigenvalue weighted by atomic mass is 9.91. The summed E-state index contributed by atoms with van der Waals surface area (Å²) in [7, 11) is 0. The van der Waals surface area contributed by atoms with Gasteiger partial charge in [-0.15, -0.1) is 0 Å². The fourth-order valence-electron chi connectivity index (χ4n) is 1.57. The molecule has 0 saturated carbocycles. The molecule has 1 N–H and O–H groups in total. The van der Waals surface area contributed by atoms with Crippen molar-refractivity contribution in [1.29, 1.82) is 0 Å². The average molecular weight is 153 g/mol. The van der Waals surface area contributed by atoms with E-state index in [0.717, 1.165) is 0 Å². The molecule has 1 unspecified atom stereocenters. The Balaban J connectivity index is 2.39. The third-order valence-corrected chi connectivity index (χ3v) is 2.50. The summed E-state index contributed by atoms with van der Waals surface area (Å²) in [5, 5.41) is 3.50. The largest absolute Gasteiger partial charge is 0.310 e. The van der Waals surface area contributed by atoms with Crippen LogP contribution in [0.3, 0.4) is 0 Å². The molecule has 1 aliphatic heterocycles. The van der Waals surface area contributed by atoms with Crippen molar-refractivity contribution in [2.45, 2.75) is 39.2 Å². The summed E-state index contributed by atoms with van der Waals surface area (Å²) in [4.78, 5) is 0. The summed E-state index contributed by atoms with van der Waals surface area (Å²) in [5.41, 5.74) is 1.38. The van der Waals surface area contributed by atoms with E-state index in [1.807, 2.05) is 0 Å². The molecule has 1 nitrogen and oxygen atoms in total. The van der Waals surface area contributed by atoms with E-state index < -0.39 is 0 Å². The van der Waals surface area contributed by atoms with E-state index in [4.69, 9.17) is 0 Å². The fraction of sp³-hybridized carbons (Fsp3) is 0.800. The van der Waals surface area contributed by atoms with Gasteiger partial charge in [-0.25, -0.2) is 0 Å². The van der Waals surface area contributed by atoms with Crippen LogP contribution in [0.15, 0.2) is 12.2 Å². The highest BCUT2D eigenvalue weighted by atomic mass is 14.9. The molecular weight excluding hydrogens is 134 g/mol. The van der Waals surface area contributed by atoms with Crippen LogP contribution in [0.4, 0.5) is 0 Å². The zero-order valence-corrected chi connectivity index (χ0v) is 7.69. The predicted molar refractivity (Wildman–Crippen MR) is 49.6 cm³/mol. The maximum absolute atomic E-state index is 4.12. The van der Waals surface area contributed by atoms with Crippen LogP contribution in [0.25, 0.3) is 0 Å². The lowest BCUT2D eigenvalue weighted by molar-refractivity contribution is 0.420. The number of hydrogen-bond donors (Lipinski definition) is 1.